The number of methoxy groups -OCH3 is 1. The first-order valence-corrected chi connectivity index (χ1v) is 5.46. The molecule has 80 valence electrons. The van der Waals surface area contributed by atoms with Gasteiger partial charge in [0, 0.05) is 6.54 Å². The highest BCUT2D eigenvalue weighted by Gasteiger charge is 2.18. The summed E-state index contributed by atoms with van der Waals surface area (Å²) in [7, 11) is 1.55. The minimum absolute atomic E-state index is 0.0673. The lowest BCUT2D eigenvalue weighted by atomic mass is 10.3. The van der Waals surface area contributed by atoms with Crippen molar-refractivity contribution in [2.24, 2.45) is 0 Å². The zero-order valence-corrected chi connectivity index (χ0v) is 9.63. The third-order valence-corrected chi connectivity index (χ3v) is 2.88. The van der Waals surface area contributed by atoms with Gasteiger partial charge in [-0.1, -0.05) is 5.92 Å². The second-order valence-corrected chi connectivity index (χ2v) is 3.76. The molecule has 0 saturated carbocycles. The molecule has 0 aliphatic carbocycles. The van der Waals surface area contributed by atoms with Crippen molar-refractivity contribution >= 4 is 17.2 Å². The fourth-order valence-corrected chi connectivity index (χ4v) is 2.02. The summed E-state index contributed by atoms with van der Waals surface area (Å²) in [6.45, 7) is 2.83. The van der Waals surface area contributed by atoms with E-state index in [0.717, 1.165) is 0 Å². The van der Waals surface area contributed by atoms with Gasteiger partial charge in [0.25, 0.3) is 5.91 Å². The Labute approximate surface area is 93.7 Å². The number of hydrogen-bond acceptors (Lipinski definition) is 3. The van der Waals surface area contributed by atoms with Gasteiger partial charge in [0.05, 0.1) is 13.7 Å². The highest BCUT2D eigenvalue weighted by molar-refractivity contribution is 7.12. The molecule has 0 unspecified atom stereocenters. The Morgan fingerprint density at radius 1 is 1.73 bits per heavy atom. The van der Waals surface area contributed by atoms with Crippen LogP contribution in [0.1, 0.15) is 16.6 Å². The summed E-state index contributed by atoms with van der Waals surface area (Å²) in [6.07, 6.45) is 5.19. The Morgan fingerprint density at radius 3 is 3.00 bits per heavy atom. The Balaban J connectivity index is 2.88. The van der Waals surface area contributed by atoms with E-state index in [4.69, 9.17) is 11.2 Å². The standard InChI is InChI=1S/C11H13NO2S/c1-4-7-12(5-2)11(13)10-9(14-3)6-8-15-10/h1,6,8H,5,7H2,2-3H3. The summed E-state index contributed by atoms with van der Waals surface area (Å²) in [6, 6.07) is 1.78. The smallest absolute Gasteiger partial charge is 0.268 e. The predicted octanol–water partition coefficient (Wildman–Crippen LogP) is 1.85. The zero-order chi connectivity index (χ0) is 11.3. The summed E-state index contributed by atoms with van der Waals surface area (Å²) < 4.78 is 5.09. The number of rotatable bonds is 4. The van der Waals surface area contributed by atoms with Crippen LogP contribution in [0.15, 0.2) is 11.4 Å². The second kappa shape index (κ2) is 5.42. The second-order valence-electron chi connectivity index (χ2n) is 2.84. The van der Waals surface area contributed by atoms with Gasteiger partial charge in [-0.15, -0.1) is 17.8 Å². The van der Waals surface area contributed by atoms with Gasteiger partial charge in [0.1, 0.15) is 10.6 Å². The minimum Gasteiger partial charge on any atom is -0.495 e. The van der Waals surface area contributed by atoms with Crippen LogP contribution in [0.3, 0.4) is 0 Å². The van der Waals surface area contributed by atoms with Gasteiger partial charge >= 0.3 is 0 Å². The molecule has 0 aliphatic rings. The topological polar surface area (TPSA) is 29.5 Å². The van der Waals surface area contributed by atoms with Gasteiger partial charge in [-0.3, -0.25) is 4.79 Å². The number of carbonyl (C=O) groups is 1. The fraction of sp³-hybridized carbons (Fsp3) is 0.364. The van der Waals surface area contributed by atoms with E-state index in [1.807, 2.05) is 12.3 Å². The van der Waals surface area contributed by atoms with Crippen molar-refractivity contribution in [2.75, 3.05) is 20.2 Å². The lowest BCUT2D eigenvalue weighted by molar-refractivity contribution is 0.0786. The molecule has 0 aromatic carbocycles. The van der Waals surface area contributed by atoms with Crippen LogP contribution in [-0.2, 0) is 0 Å². The molecule has 3 nitrogen and oxygen atoms in total. The Bertz CT molecular complexity index is 378. The summed E-state index contributed by atoms with van der Waals surface area (Å²) >= 11 is 1.37. The molecule has 1 heterocycles. The third kappa shape index (κ3) is 2.51. The largest absolute Gasteiger partial charge is 0.495 e. The Hall–Kier alpha value is -1.47. The lowest BCUT2D eigenvalue weighted by Crippen LogP contribution is -2.30. The van der Waals surface area contributed by atoms with Gasteiger partial charge in [-0.05, 0) is 18.4 Å². The lowest BCUT2D eigenvalue weighted by Gasteiger charge is -2.17. The number of carbonyl (C=O) groups excluding carboxylic acids is 1. The molecule has 1 aromatic rings. The van der Waals surface area contributed by atoms with E-state index in [9.17, 15) is 4.79 Å². The normalized spacial score (nSPS) is 9.40. The highest BCUT2D eigenvalue weighted by Crippen LogP contribution is 2.25. The van der Waals surface area contributed by atoms with E-state index in [0.29, 0.717) is 23.7 Å². The first kappa shape index (κ1) is 11.6. The van der Waals surface area contributed by atoms with Gasteiger partial charge in [-0.25, -0.2) is 0 Å². The van der Waals surface area contributed by atoms with Crippen molar-refractivity contribution in [1.29, 1.82) is 0 Å². The van der Waals surface area contributed by atoms with Crippen LogP contribution in [-0.4, -0.2) is 31.0 Å². The van der Waals surface area contributed by atoms with Gasteiger partial charge in [-0.2, -0.15) is 0 Å². The SMILES string of the molecule is C#CCN(CC)C(=O)c1sccc1OC. The molecule has 1 rings (SSSR count). The van der Waals surface area contributed by atoms with Crippen LogP contribution in [0.5, 0.6) is 5.75 Å². The van der Waals surface area contributed by atoms with E-state index in [1.165, 1.54) is 11.3 Å². The fourth-order valence-electron chi connectivity index (χ4n) is 1.20. The van der Waals surface area contributed by atoms with E-state index in [1.54, 1.807) is 18.1 Å². The van der Waals surface area contributed by atoms with Crippen LogP contribution in [0, 0.1) is 12.3 Å². The van der Waals surface area contributed by atoms with Crippen molar-refractivity contribution in [1.82, 2.24) is 4.90 Å². The average Bonchev–Trinajstić information content (AvgIpc) is 2.72. The van der Waals surface area contributed by atoms with E-state index >= 15 is 0 Å². The first-order valence-electron chi connectivity index (χ1n) is 4.58. The van der Waals surface area contributed by atoms with Gasteiger partial charge in [0.2, 0.25) is 0 Å². The molecule has 1 aromatic heterocycles. The van der Waals surface area contributed by atoms with Crippen molar-refractivity contribution in [3.8, 4) is 18.1 Å². The maximum absolute atomic E-state index is 12.0. The molecular formula is C11H13NO2S. The molecule has 0 radical (unpaired) electrons. The number of amides is 1. The number of ether oxygens (including phenoxy) is 1. The van der Waals surface area contributed by atoms with Crippen LogP contribution in [0.25, 0.3) is 0 Å². The minimum atomic E-state index is -0.0673. The van der Waals surface area contributed by atoms with Crippen LogP contribution >= 0.6 is 11.3 Å². The third-order valence-electron chi connectivity index (χ3n) is 1.99. The summed E-state index contributed by atoms with van der Waals surface area (Å²) in [4.78, 5) is 14.2. The number of terminal acetylenes is 1. The van der Waals surface area contributed by atoms with Crippen molar-refractivity contribution < 1.29 is 9.53 Å². The molecule has 0 bridgehead atoms. The maximum atomic E-state index is 12.0. The van der Waals surface area contributed by atoms with Gasteiger partial charge in [0.15, 0.2) is 0 Å². The van der Waals surface area contributed by atoms with E-state index < -0.39 is 0 Å². The zero-order valence-electron chi connectivity index (χ0n) is 8.82. The quantitative estimate of drug-likeness (QED) is 0.729. The van der Waals surface area contributed by atoms with E-state index in [-0.39, 0.29) is 5.91 Å². The summed E-state index contributed by atoms with van der Waals surface area (Å²) in [5.74, 6) is 3.01. The molecule has 0 N–H and O–H groups in total. The molecule has 15 heavy (non-hydrogen) atoms. The summed E-state index contributed by atoms with van der Waals surface area (Å²) in [5.41, 5.74) is 0. The van der Waals surface area contributed by atoms with Gasteiger partial charge < -0.3 is 9.64 Å². The Kier molecular flexibility index (Phi) is 4.19. The first-order chi connectivity index (χ1) is 7.24. The molecule has 4 heteroatoms. The van der Waals surface area contributed by atoms with Crippen molar-refractivity contribution in [3.63, 3.8) is 0 Å². The molecule has 0 aliphatic heterocycles. The molecule has 0 atom stereocenters. The molecule has 1 amide bonds. The highest BCUT2D eigenvalue weighted by atomic mass is 32.1. The molecule has 0 saturated heterocycles. The van der Waals surface area contributed by atoms with Crippen LogP contribution in [0.2, 0.25) is 0 Å². The predicted molar refractivity (Wildman–Crippen MR) is 61.3 cm³/mol. The summed E-state index contributed by atoms with van der Waals surface area (Å²) in [5, 5.41) is 1.83. The number of hydrogen-bond donors (Lipinski definition) is 0. The Morgan fingerprint density at radius 2 is 2.47 bits per heavy atom. The van der Waals surface area contributed by atoms with Crippen LogP contribution < -0.4 is 4.74 Å². The number of thiophene rings is 1. The number of nitrogens with zero attached hydrogens (tertiary/aromatic N) is 1. The van der Waals surface area contributed by atoms with Crippen LogP contribution in [0.4, 0.5) is 0 Å². The van der Waals surface area contributed by atoms with Crippen molar-refractivity contribution in [3.05, 3.63) is 16.3 Å². The molecule has 0 fully saturated rings. The molecule has 0 spiro atoms. The van der Waals surface area contributed by atoms with E-state index in [2.05, 4.69) is 5.92 Å². The average molecular weight is 223 g/mol. The molecular weight excluding hydrogens is 210 g/mol. The van der Waals surface area contributed by atoms with Crippen molar-refractivity contribution in [2.45, 2.75) is 6.92 Å². The maximum Gasteiger partial charge on any atom is 0.268 e. The monoisotopic (exact) mass is 223 g/mol.